The van der Waals surface area contributed by atoms with Crippen molar-refractivity contribution in [1.29, 1.82) is 0 Å². The van der Waals surface area contributed by atoms with Gasteiger partial charge in [0.1, 0.15) is 0 Å². The lowest BCUT2D eigenvalue weighted by Gasteiger charge is -2.10. The number of hydrogen-bond donors (Lipinski definition) is 0. The highest BCUT2D eigenvalue weighted by Crippen LogP contribution is 2.44. The topological polar surface area (TPSA) is 38.7 Å². The van der Waals surface area contributed by atoms with Gasteiger partial charge in [-0.25, -0.2) is 15.0 Å². The smallest absolute Gasteiger partial charge is 0.164 e. The van der Waals surface area contributed by atoms with E-state index in [1.54, 1.807) is 0 Å². The summed E-state index contributed by atoms with van der Waals surface area (Å²) in [4.78, 5) is 15.2. The minimum atomic E-state index is 0.659. The molecule has 0 N–H and O–H groups in total. The third-order valence-electron chi connectivity index (χ3n) is 8.53. The minimum absolute atomic E-state index is 0.659. The normalized spacial score (nSPS) is 11.6. The Labute approximate surface area is 264 Å². The molecule has 9 aromatic rings. The average molecular weight is 592 g/mol. The molecule has 0 unspecified atom stereocenters. The van der Waals surface area contributed by atoms with Crippen LogP contribution < -0.4 is 0 Å². The lowest BCUT2D eigenvalue weighted by atomic mass is 9.98. The molecule has 0 atom stereocenters. The van der Waals surface area contributed by atoms with Crippen molar-refractivity contribution in [3.8, 4) is 45.3 Å². The molecule has 4 heteroatoms. The minimum Gasteiger partial charge on any atom is -0.208 e. The highest BCUT2D eigenvalue weighted by molar-refractivity contribution is 7.27. The van der Waals surface area contributed by atoms with E-state index in [1.807, 2.05) is 35.6 Å². The summed E-state index contributed by atoms with van der Waals surface area (Å²) in [5.74, 6) is 2.00. The maximum absolute atomic E-state index is 5.13. The summed E-state index contributed by atoms with van der Waals surface area (Å²) in [6, 6.07) is 53.2. The highest BCUT2D eigenvalue weighted by atomic mass is 32.1. The standard InChI is InChI=1S/C41H25N3S/c1-3-10-26(11-4-1)27-18-22-31(23-19-27)40-42-39(30-13-5-2-6-14-30)43-41(44-40)34-16-9-17-35-37(34)33-25-24-29-21-20-28-12-7-8-15-32(28)36(29)38(33)45-35/h1-25H. The number of hydrogen-bond acceptors (Lipinski definition) is 4. The Morgan fingerprint density at radius 3 is 1.71 bits per heavy atom. The number of rotatable bonds is 4. The largest absolute Gasteiger partial charge is 0.208 e. The second-order valence-electron chi connectivity index (χ2n) is 11.2. The summed E-state index contributed by atoms with van der Waals surface area (Å²) >= 11 is 1.84. The zero-order valence-electron chi connectivity index (χ0n) is 24.2. The molecule has 0 saturated carbocycles. The van der Waals surface area contributed by atoms with Gasteiger partial charge in [0.15, 0.2) is 17.5 Å². The van der Waals surface area contributed by atoms with Gasteiger partial charge in [-0.15, -0.1) is 11.3 Å². The highest BCUT2D eigenvalue weighted by Gasteiger charge is 2.18. The molecule has 0 amide bonds. The third kappa shape index (κ3) is 4.38. The predicted molar refractivity (Wildman–Crippen MR) is 189 cm³/mol. The van der Waals surface area contributed by atoms with Gasteiger partial charge in [0, 0.05) is 42.2 Å². The van der Waals surface area contributed by atoms with Crippen LogP contribution in [0.3, 0.4) is 0 Å². The summed E-state index contributed by atoms with van der Waals surface area (Å²) in [5.41, 5.74) is 5.27. The van der Waals surface area contributed by atoms with E-state index in [0.29, 0.717) is 17.5 Å². The Kier molecular flexibility index (Phi) is 6.00. The van der Waals surface area contributed by atoms with Gasteiger partial charge in [-0.3, -0.25) is 0 Å². The Morgan fingerprint density at radius 2 is 0.933 bits per heavy atom. The van der Waals surface area contributed by atoms with Crippen LogP contribution in [0.2, 0.25) is 0 Å². The number of thiophene rings is 1. The zero-order valence-corrected chi connectivity index (χ0v) is 25.0. The first-order valence-corrected chi connectivity index (χ1v) is 15.9. The number of benzene rings is 7. The lowest BCUT2D eigenvalue weighted by molar-refractivity contribution is 1.08. The Morgan fingerprint density at radius 1 is 0.356 bits per heavy atom. The van der Waals surface area contributed by atoms with E-state index >= 15 is 0 Å². The van der Waals surface area contributed by atoms with Gasteiger partial charge in [0.2, 0.25) is 0 Å². The quantitative estimate of drug-likeness (QED) is 0.191. The molecule has 0 aliphatic heterocycles. The van der Waals surface area contributed by atoms with E-state index in [9.17, 15) is 0 Å². The van der Waals surface area contributed by atoms with E-state index in [-0.39, 0.29) is 0 Å². The van der Waals surface area contributed by atoms with Gasteiger partial charge in [-0.2, -0.15) is 0 Å². The summed E-state index contributed by atoms with van der Waals surface area (Å²) in [6.07, 6.45) is 0. The summed E-state index contributed by atoms with van der Waals surface area (Å²) in [7, 11) is 0. The van der Waals surface area contributed by atoms with Crippen molar-refractivity contribution in [2.45, 2.75) is 0 Å². The van der Waals surface area contributed by atoms with Crippen molar-refractivity contribution < 1.29 is 0 Å². The van der Waals surface area contributed by atoms with E-state index in [4.69, 9.17) is 15.0 Å². The molecule has 210 valence electrons. The fraction of sp³-hybridized carbons (Fsp3) is 0. The molecule has 0 spiro atoms. The van der Waals surface area contributed by atoms with Crippen molar-refractivity contribution in [1.82, 2.24) is 15.0 Å². The van der Waals surface area contributed by atoms with Crippen molar-refractivity contribution >= 4 is 53.1 Å². The zero-order chi connectivity index (χ0) is 29.7. The van der Waals surface area contributed by atoms with Crippen LogP contribution in [0.15, 0.2) is 152 Å². The summed E-state index contributed by atoms with van der Waals surface area (Å²) in [6.45, 7) is 0. The molecule has 9 rings (SSSR count). The van der Waals surface area contributed by atoms with Crippen LogP contribution in [-0.2, 0) is 0 Å². The first kappa shape index (κ1) is 25.8. The summed E-state index contributed by atoms with van der Waals surface area (Å²) in [5, 5.41) is 7.50. The van der Waals surface area contributed by atoms with Gasteiger partial charge >= 0.3 is 0 Å². The monoisotopic (exact) mass is 591 g/mol. The number of nitrogens with zero attached hydrogens (tertiary/aromatic N) is 3. The number of aromatic nitrogens is 3. The van der Waals surface area contributed by atoms with Crippen LogP contribution in [0, 0.1) is 0 Å². The van der Waals surface area contributed by atoms with Crippen molar-refractivity contribution in [2.75, 3.05) is 0 Å². The summed E-state index contributed by atoms with van der Waals surface area (Å²) < 4.78 is 2.51. The van der Waals surface area contributed by atoms with Crippen LogP contribution in [0.1, 0.15) is 0 Å². The molecule has 0 aliphatic carbocycles. The van der Waals surface area contributed by atoms with E-state index < -0.39 is 0 Å². The molecule has 2 aromatic heterocycles. The van der Waals surface area contributed by atoms with E-state index in [1.165, 1.54) is 47.3 Å². The van der Waals surface area contributed by atoms with Crippen molar-refractivity contribution in [2.24, 2.45) is 0 Å². The van der Waals surface area contributed by atoms with Gasteiger partial charge in [0.05, 0.1) is 0 Å². The first-order valence-electron chi connectivity index (χ1n) is 15.0. The van der Waals surface area contributed by atoms with E-state index in [0.717, 1.165) is 22.3 Å². The first-order chi connectivity index (χ1) is 22.3. The van der Waals surface area contributed by atoms with Gasteiger partial charge in [-0.1, -0.05) is 146 Å². The van der Waals surface area contributed by atoms with Crippen LogP contribution >= 0.6 is 11.3 Å². The second-order valence-corrected chi connectivity index (χ2v) is 12.3. The van der Waals surface area contributed by atoms with E-state index in [2.05, 4.69) is 127 Å². The average Bonchev–Trinajstić information content (AvgIpc) is 3.51. The Balaban J connectivity index is 1.27. The fourth-order valence-corrected chi connectivity index (χ4v) is 7.64. The fourth-order valence-electron chi connectivity index (χ4n) is 6.34. The van der Waals surface area contributed by atoms with Gasteiger partial charge in [0.25, 0.3) is 0 Å². The molecular weight excluding hydrogens is 567 g/mol. The Hall–Kier alpha value is -5.71. The van der Waals surface area contributed by atoms with Gasteiger partial charge < -0.3 is 0 Å². The molecule has 0 bridgehead atoms. The van der Waals surface area contributed by atoms with Crippen molar-refractivity contribution in [3.63, 3.8) is 0 Å². The molecule has 45 heavy (non-hydrogen) atoms. The van der Waals surface area contributed by atoms with Crippen LogP contribution in [0.25, 0.3) is 87.0 Å². The SMILES string of the molecule is c1ccc(-c2ccc(-c3nc(-c4ccccc4)nc(-c4cccc5sc6c(ccc7ccc8ccccc8c76)c45)n3)cc2)cc1. The maximum Gasteiger partial charge on any atom is 0.164 e. The number of fused-ring (bicyclic) bond motifs is 7. The van der Waals surface area contributed by atoms with Crippen LogP contribution in [0.4, 0.5) is 0 Å². The third-order valence-corrected chi connectivity index (χ3v) is 9.72. The lowest BCUT2D eigenvalue weighted by Crippen LogP contribution is -2.00. The molecular formula is C41H25N3S. The van der Waals surface area contributed by atoms with Crippen LogP contribution in [-0.4, -0.2) is 15.0 Å². The molecule has 0 fully saturated rings. The van der Waals surface area contributed by atoms with Crippen LogP contribution in [0.5, 0.6) is 0 Å². The van der Waals surface area contributed by atoms with Crippen molar-refractivity contribution in [3.05, 3.63) is 152 Å². The second kappa shape index (κ2) is 10.5. The van der Waals surface area contributed by atoms with Gasteiger partial charge in [-0.05, 0) is 33.4 Å². The molecule has 0 radical (unpaired) electrons. The Bertz CT molecular complexity index is 2520. The molecule has 2 heterocycles. The predicted octanol–water partition coefficient (Wildman–Crippen LogP) is 11.2. The maximum atomic E-state index is 5.13. The molecule has 0 aliphatic rings. The molecule has 3 nitrogen and oxygen atoms in total. The molecule has 0 saturated heterocycles. The molecule has 7 aromatic carbocycles.